The summed E-state index contributed by atoms with van der Waals surface area (Å²) in [5.74, 6) is -0.0961. The van der Waals surface area contributed by atoms with Gasteiger partial charge in [-0.05, 0) is 87.4 Å². The topological polar surface area (TPSA) is 78.4 Å². The molecule has 0 spiro atoms. The largest absolute Gasteiger partial charge is 0.378 e. The Morgan fingerprint density at radius 2 is 1.70 bits per heavy atom. The third kappa shape index (κ3) is 7.72. The van der Waals surface area contributed by atoms with Gasteiger partial charge >= 0.3 is 0 Å². The molecule has 0 fully saturated rings. The smallest absolute Gasteiger partial charge is 0.247 e. The zero-order valence-corrected chi connectivity index (χ0v) is 24.9. The van der Waals surface area contributed by atoms with E-state index in [-0.39, 0.29) is 23.5 Å². The van der Waals surface area contributed by atoms with E-state index in [0.717, 1.165) is 47.5 Å². The van der Waals surface area contributed by atoms with E-state index in [1.54, 1.807) is 4.90 Å². The van der Waals surface area contributed by atoms with E-state index in [9.17, 15) is 9.59 Å². The van der Waals surface area contributed by atoms with Crippen LogP contribution in [-0.4, -0.2) is 52.6 Å². The molecule has 2 aromatic carbocycles. The van der Waals surface area contributed by atoms with Crippen molar-refractivity contribution in [2.24, 2.45) is 5.92 Å². The average molecular weight is 558 g/mol. The van der Waals surface area contributed by atoms with Gasteiger partial charge in [0.25, 0.3) is 0 Å². The van der Waals surface area contributed by atoms with Crippen LogP contribution in [0, 0.1) is 26.7 Å². The summed E-state index contributed by atoms with van der Waals surface area (Å²) in [6.07, 6.45) is 6.78. The number of anilines is 2. The lowest BCUT2D eigenvalue weighted by atomic mass is 9.85. The number of carbonyl (C=O) groups excluding carboxylic acids is 2. The van der Waals surface area contributed by atoms with Gasteiger partial charge in [-0.1, -0.05) is 48.2 Å². The van der Waals surface area contributed by atoms with Crippen molar-refractivity contribution in [1.29, 1.82) is 0 Å². The first-order chi connectivity index (χ1) is 19.2. The molecule has 4 rings (SSSR count). The van der Waals surface area contributed by atoms with Crippen LogP contribution in [0.25, 0.3) is 0 Å². The number of nitrogens with one attached hydrogen (secondary N) is 1. The quantitative estimate of drug-likeness (QED) is 0.189. The standard InChI is InChI=1S/C32H39N5O2S/c1-22-11-9-10-14-26(22)20-37(29(38)21-40-32-33-23(2)19-24(3)34-32)30(25-12-7-6-8-13-25)31(39)35-27-15-17-28(18-16-27)36(4)5/h6-7,9-11,14-19,25,30H,8,12-13,20-21H2,1-5H3,(H,35,39)/t25-,30+/m1/s1. The lowest BCUT2D eigenvalue weighted by molar-refractivity contribution is -0.139. The van der Waals surface area contributed by atoms with Gasteiger partial charge in [0.05, 0.1) is 5.75 Å². The Hall–Kier alpha value is -3.65. The fourth-order valence-electron chi connectivity index (χ4n) is 5.05. The fraction of sp³-hybridized carbons (Fsp3) is 0.375. The molecule has 1 N–H and O–H groups in total. The van der Waals surface area contributed by atoms with Crippen molar-refractivity contribution >= 4 is 35.0 Å². The highest BCUT2D eigenvalue weighted by atomic mass is 32.2. The minimum atomic E-state index is -0.619. The summed E-state index contributed by atoms with van der Waals surface area (Å²) in [5, 5.41) is 3.70. The summed E-state index contributed by atoms with van der Waals surface area (Å²) in [4.78, 5) is 40.8. The second-order valence-electron chi connectivity index (χ2n) is 10.6. The number of allylic oxidation sites excluding steroid dienone is 2. The van der Waals surface area contributed by atoms with E-state index in [1.807, 2.05) is 94.4 Å². The molecule has 1 heterocycles. The van der Waals surface area contributed by atoms with E-state index in [4.69, 9.17) is 0 Å². The molecule has 1 aliphatic carbocycles. The molecule has 0 aliphatic heterocycles. The predicted molar refractivity (Wildman–Crippen MR) is 164 cm³/mol. The molecule has 2 atom stereocenters. The van der Waals surface area contributed by atoms with Gasteiger partial charge in [0.1, 0.15) is 6.04 Å². The third-order valence-electron chi connectivity index (χ3n) is 7.22. The van der Waals surface area contributed by atoms with Crippen LogP contribution >= 0.6 is 11.8 Å². The van der Waals surface area contributed by atoms with Crippen LogP contribution in [0.1, 0.15) is 41.8 Å². The highest BCUT2D eigenvalue weighted by Gasteiger charge is 2.36. The molecular formula is C32H39N5O2S. The first kappa shape index (κ1) is 29.3. The number of hydrogen-bond donors (Lipinski definition) is 1. The first-order valence-corrected chi connectivity index (χ1v) is 14.7. The van der Waals surface area contributed by atoms with E-state index >= 15 is 0 Å². The molecule has 1 aromatic heterocycles. The highest BCUT2D eigenvalue weighted by molar-refractivity contribution is 7.99. The van der Waals surface area contributed by atoms with E-state index in [1.165, 1.54) is 11.8 Å². The van der Waals surface area contributed by atoms with Crippen LogP contribution in [0.15, 0.2) is 71.9 Å². The summed E-state index contributed by atoms with van der Waals surface area (Å²) in [5.41, 5.74) is 5.62. The van der Waals surface area contributed by atoms with Crippen LogP contribution in [-0.2, 0) is 16.1 Å². The van der Waals surface area contributed by atoms with Crippen LogP contribution < -0.4 is 10.2 Å². The van der Waals surface area contributed by atoms with Crippen molar-refractivity contribution in [3.05, 3.63) is 89.3 Å². The van der Waals surface area contributed by atoms with Gasteiger partial charge in [-0.15, -0.1) is 0 Å². The van der Waals surface area contributed by atoms with Gasteiger partial charge in [0.15, 0.2) is 5.16 Å². The molecular weight excluding hydrogens is 518 g/mol. The second kappa shape index (κ2) is 13.6. The Morgan fingerprint density at radius 1 is 1.00 bits per heavy atom. The second-order valence-corrected chi connectivity index (χ2v) is 11.5. The number of thioether (sulfide) groups is 1. The molecule has 40 heavy (non-hydrogen) atoms. The molecule has 7 nitrogen and oxygen atoms in total. The van der Waals surface area contributed by atoms with Crippen molar-refractivity contribution < 1.29 is 9.59 Å². The maximum Gasteiger partial charge on any atom is 0.247 e. The zero-order valence-electron chi connectivity index (χ0n) is 24.1. The van der Waals surface area contributed by atoms with Crippen LogP contribution in [0.4, 0.5) is 11.4 Å². The van der Waals surface area contributed by atoms with Gasteiger partial charge in [0, 0.05) is 43.4 Å². The zero-order chi connectivity index (χ0) is 28.6. The molecule has 1 aliphatic rings. The Balaban J connectivity index is 1.65. The minimum Gasteiger partial charge on any atom is -0.378 e. The summed E-state index contributed by atoms with van der Waals surface area (Å²) in [7, 11) is 3.97. The van der Waals surface area contributed by atoms with Gasteiger partial charge in [0.2, 0.25) is 11.8 Å². The monoisotopic (exact) mass is 557 g/mol. The summed E-state index contributed by atoms with van der Waals surface area (Å²) < 4.78 is 0. The molecule has 2 amide bonds. The Bertz CT molecular complexity index is 1340. The molecule has 0 radical (unpaired) electrons. The van der Waals surface area contributed by atoms with E-state index in [2.05, 4.69) is 27.4 Å². The van der Waals surface area contributed by atoms with Crippen molar-refractivity contribution in [3.8, 4) is 0 Å². The molecule has 3 aromatic rings. The molecule has 0 saturated carbocycles. The van der Waals surface area contributed by atoms with Crippen LogP contribution in [0.2, 0.25) is 0 Å². The minimum absolute atomic E-state index is 0.0153. The van der Waals surface area contributed by atoms with Gasteiger partial charge in [-0.2, -0.15) is 0 Å². The molecule has 210 valence electrons. The van der Waals surface area contributed by atoms with Crippen LogP contribution in [0.3, 0.4) is 0 Å². The summed E-state index contributed by atoms with van der Waals surface area (Å²) in [6.45, 7) is 6.25. The Morgan fingerprint density at radius 3 is 2.33 bits per heavy atom. The van der Waals surface area contributed by atoms with Crippen LogP contribution in [0.5, 0.6) is 0 Å². The number of aromatic nitrogens is 2. The van der Waals surface area contributed by atoms with Crippen molar-refractivity contribution in [2.75, 3.05) is 30.1 Å². The van der Waals surface area contributed by atoms with Crippen molar-refractivity contribution in [1.82, 2.24) is 14.9 Å². The molecule has 0 unspecified atom stereocenters. The lowest BCUT2D eigenvalue weighted by Crippen LogP contribution is -2.52. The maximum atomic E-state index is 14.0. The molecule has 0 bridgehead atoms. The lowest BCUT2D eigenvalue weighted by Gasteiger charge is -2.37. The third-order valence-corrected chi connectivity index (χ3v) is 8.05. The van der Waals surface area contributed by atoms with E-state index < -0.39 is 6.04 Å². The van der Waals surface area contributed by atoms with Gasteiger partial charge < -0.3 is 15.1 Å². The number of hydrogen-bond acceptors (Lipinski definition) is 6. The van der Waals surface area contributed by atoms with Crippen molar-refractivity contribution in [2.45, 2.75) is 57.8 Å². The number of carbonyl (C=O) groups is 2. The maximum absolute atomic E-state index is 14.0. The summed E-state index contributed by atoms with van der Waals surface area (Å²) in [6, 6.07) is 17.1. The van der Waals surface area contributed by atoms with E-state index in [0.29, 0.717) is 17.4 Å². The molecule has 8 heteroatoms. The Labute approximate surface area is 242 Å². The summed E-state index contributed by atoms with van der Waals surface area (Å²) >= 11 is 1.32. The number of rotatable bonds is 10. The SMILES string of the molecule is Cc1cc(C)nc(SCC(=O)N(Cc2ccccc2C)[C@H](C(=O)Nc2ccc(N(C)C)cc2)[C@@H]2CC=CCC2)n1. The normalized spacial score (nSPS) is 15.4. The first-order valence-electron chi connectivity index (χ1n) is 13.7. The Kier molecular flexibility index (Phi) is 9.98. The number of aryl methyl sites for hydroxylation is 3. The number of benzene rings is 2. The average Bonchev–Trinajstić information content (AvgIpc) is 2.93. The fourth-order valence-corrected chi connectivity index (χ4v) is 5.89. The number of nitrogens with zero attached hydrogens (tertiary/aromatic N) is 4. The highest BCUT2D eigenvalue weighted by Crippen LogP contribution is 2.29. The molecule has 0 saturated heterocycles. The number of amides is 2. The van der Waals surface area contributed by atoms with Gasteiger partial charge in [-0.25, -0.2) is 9.97 Å². The van der Waals surface area contributed by atoms with Gasteiger partial charge in [-0.3, -0.25) is 9.59 Å². The predicted octanol–water partition coefficient (Wildman–Crippen LogP) is 5.95. The van der Waals surface area contributed by atoms with Crippen molar-refractivity contribution in [3.63, 3.8) is 0 Å².